The molecule has 0 N–H and O–H groups in total. The molecule has 0 bridgehead atoms. The molecule has 12 aromatic rings. The van der Waals surface area contributed by atoms with Crippen LogP contribution in [0.25, 0.3) is 104 Å². The van der Waals surface area contributed by atoms with Gasteiger partial charge in [-0.15, -0.1) is 54.1 Å². The maximum Gasteiger partial charge on any atom is 0.123 e. The Morgan fingerprint density at radius 2 is 1.25 bits per heavy atom. The van der Waals surface area contributed by atoms with Gasteiger partial charge in [0.05, 0.1) is 30.6 Å². The number of imidazole rings is 1. The molecule has 0 spiro atoms. The average Bonchev–Trinajstić information content (AvgIpc) is 3.98. The molecule has 71 heavy (non-hydrogen) atoms. The molecule has 7 heteroatoms. The Morgan fingerprint density at radius 1 is 0.620 bits per heavy atom. The van der Waals surface area contributed by atoms with E-state index >= 15 is 0 Å². The van der Waals surface area contributed by atoms with E-state index < -0.39 is 14.0 Å². The van der Waals surface area contributed by atoms with Crippen LogP contribution in [0.1, 0.15) is 26.7 Å². The molecule has 0 aliphatic carbocycles. The van der Waals surface area contributed by atoms with E-state index in [2.05, 4.69) is 187 Å². The van der Waals surface area contributed by atoms with Crippen molar-refractivity contribution in [2.45, 2.75) is 39.4 Å². The molecule has 0 unspecified atom stereocenters. The van der Waals surface area contributed by atoms with E-state index in [1.807, 2.05) is 62.5 Å². The molecule has 0 amide bonds. The smallest absolute Gasteiger partial charge is 0.123 e. The maximum absolute atomic E-state index is 14.0. The van der Waals surface area contributed by atoms with E-state index in [0.717, 1.165) is 88.4 Å². The normalized spacial score (nSPS) is 11.9. The Balaban J connectivity index is 0.000000240. The molecule has 3 nitrogen and oxygen atoms in total. The van der Waals surface area contributed by atoms with Crippen LogP contribution in [0.3, 0.4) is 0 Å². The molecule has 0 fully saturated rings. The molecule has 349 valence electrons. The monoisotopic (exact) mass is 1130 g/mol. The summed E-state index contributed by atoms with van der Waals surface area (Å²) >= 11 is 1.77. The van der Waals surface area contributed by atoms with Crippen molar-refractivity contribution in [1.29, 1.82) is 0 Å². The molecule has 12 rings (SSSR count). The second kappa shape index (κ2) is 19.9. The molecule has 0 atom stereocenters. The van der Waals surface area contributed by atoms with Gasteiger partial charge in [-0.1, -0.05) is 183 Å². The topological polar surface area (TPSA) is 30.7 Å². The predicted octanol–water partition coefficient (Wildman–Crippen LogP) is 17.4. The molecule has 9 aromatic carbocycles. The second-order valence-corrected chi connectivity index (χ2v) is 25.0. The van der Waals surface area contributed by atoms with Crippen LogP contribution >= 0.6 is 11.3 Å². The van der Waals surface area contributed by atoms with Gasteiger partial charge in [0.25, 0.3) is 0 Å². The van der Waals surface area contributed by atoms with Crippen molar-refractivity contribution in [3.63, 3.8) is 0 Å². The van der Waals surface area contributed by atoms with Crippen molar-refractivity contribution in [3.8, 4) is 61.7 Å². The first-order valence-electron chi connectivity index (χ1n) is 24.2. The Morgan fingerprint density at radius 3 is 1.92 bits per heavy atom. The van der Waals surface area contributed by atoms with Crippen LogP contribution in [-0.2, 0) is 20.1 Å². The summed E-state index contributed by atoms with van der Waals surface area (Å²) < 4.78 is 27.1. The Bertz CT molecular complexity index is 3840. The quantitative estimate of drug-likeness (QED) is 0.112. The number of hydrogen-bond acceptors (Lipinski definition) is 3. The van der Waals surface area contributed by atoms with E-state index in [0.29, 0.717) is 0 Å². The molecular formula is C64H50FIrN3SSi-2. The van der Waals surface area contributed by atoms with Crippen LogP contribution in [-0.4, -0.2) is 22.6 Å². The van der Waals surface area contributed by atoms with E-state index in [4.69, 9.17) is 6.35 Å². The van der Waals surface area contributed by atoms with Gasteiger partial charge in [-0.3, -0.25) is 4.98 Å². The summed E-state index contributed by atoms with van der Waals surface area (Å²) in [5.74, 6) is -0.00228. The summed E-state index contributed by atoms with van der Waals surface area (Å²) in [6.45, 7) is 10.8. The summed E-state index contributed by atoms with van der Waals surface area (Å²) in [5.41, 5.74) is 13.6. The van der Waals surface area contributed by atoms with Crippen LogP contribution < -0.4 is 5.19 Å². The summed E-state index contributed by atoms with van der Waals surface area (Å²) in [6, 6.07) is 74.8. The van der Waals surface area contributed by atoms with Crippen molar-refractivity contribution < 1.29 is 25.9 Å². The fraction of sp³-hybridized carbons (Fsp3) is 0.0938. The van der Waals surface area contributed by atoms with E-state index in [9.17, 15) is 4.39 Å². The molecule has 3 aromatic heterocycles. The fourth-order valence-corrected chi connectivity index (χ4v) is 12.5. The Hall–Kier alpha value is -7.12. The largest absolute Gasteiger partial charge is 0.332 e. The number of thiophene rings is 1. The van der Waals surface area contributed by atoms with Crippen LogP contribution in [0.2, 0.25) is 19.6 Å². The van der Waals surface area contributed by atoms with Gasteiger partial charge in [0, 0.05) is 43.5 Å². The summed E-state index contributed by atoms with van der Waals surface area (Å²) in [4.78, 5) is 10.00. The van der Waals surface area contributed by atoms with Gasteiger partial charge >= 0.3 is 0 Å². The number of rotatable bonds is 8. The third kappa shape index (κ3) is 9.12. The third-order valence-electron chi connectivity index (χ3n) is 13.0. The predicted molar refractivity (Wildman–Crippen MR) is 298 cm³/mol. The number of pyridine rings is 1. The number of nitrogens with zero attached hydrogens (tertiary/aromatic N) is 3. The van der Waals surface area contributed by atoms with Crippen molar-refractivity contribution in [2.75, 3.05) is 0 Å². The number of para-hydroxylation sites is 3. The molecule has 0 saturated heterocycles. The van der Waals surface area contributed by atoms with Gasteiger partial charge in [-0.25, -0.2) is 4.39 Å². The van der Waals surface area contributed by atoms with Crippen molar-refractivity contribution in [1.82, 2.24) is 14.5 Å². The molecule has 3 heterocycles. The van der Waals surface area contributed by atoms with Gasteiger partial charge in [0.15, 0.2) is 0 Å². The zero-order valence-electron chi connectivity index (χ0n) is 41.1. The standard InChI is InChI=1S/C47H28FN2S.C17H22NSi.Ir/c48-33-27-25-32(26-28-33)40-29-43-44(37-18-8-7-17-36(37)40)38-21-12-22-39(46(38)51-43)47-49-41-23-9-10-24-42(41)50(47)45-34(30-13-3-1-4-14-30)19-11-20-35(45)31-15-5-2-6-16-31;1-13(2)15-11-16(14-9-7-6-8-10-14)18-12-17(15)19(3,4)5;/h1-21,23-29H;6-9,11-13H,1-5H3;/q2*-1;/i;13D;. The molecule has 1 radical (unpaired) electrons. The third-order valence-corrected chi connectivity index (χ3v) is 16.2. The van der Waals surface area contributed by atoms with E-state index in [1.165, 1.54) is 38.2 Å². The summed E-state index contributed by atoms with van der Waals surface area (Å²) in [7, 11) is -1.50. The van der Waals surface area contributed by atoms with Gasteiger partial charge in [0.1, 0.15) is 5.82 Å². The van der Waals surface area contributed by atoms with Crippen molar-refractivity contribution in [3.05, 3.63) is 230 Å². The van der Waals surface area contributed by atoms with Crippen LogP contribution in [0.5, 0.6) is 0 Å². The van der Waals surface area contributed by atoms with Crippen LogP contribution in [0.4, 0.5) is 4.39 Å². The zero-order valence-corrected chi connectivity index (χ0v) is 44.3. The number of aromatic nitrogens is 3. The molecule has 0 aliphatic heterocycles. The summed E-state index contributed by atoms with van der Waals surface area (Å²) in [6.07, 6.45) is 1.98. The number of hydrogen-bond donors (Lipinski definition) is 0. The van der Waals surface area contributed by atoms with Gasteiger partial charge in [-0.2, -0.15) is 11.3 Å². The Kier molecular flexibility index (Phi) is 13.0. The number of fused-ring (bicyclic) bond motifs is 6. The first kappa shape index (κ1) is 46.3. The maximum atomic E-state index is 14.0. The van der Waals surface area contributed by atoms with E-state index in [-0.39, 0.29) is 25.9 Å². The number of benzene rings is 9. The SMILES string of the molecule is Fc1ccc(-c2cc3sc4c(-c5nc6ccccc6n5-c5c(-c6ccccc6)cccc5-c5ccccc5)[c-]ccc4c3c3ccccc23)cc1.[2H]C(C)(C)c1cc(-c2[c-]cccc2)ncc1[Si](C)(C)C.[Ir]. The summed E-state index contributed by atoms with van der Waals surface area (Å²) in [5, 5.41) is 5.97. The minimum Gasteiger partial charge on any atom is -0.332 e. The van der Waals surface area contributed by atoms with Gasteiger partial charge < -0.3 is 9.55 Å². The first-order valence-corrected chi connectivity index (χ1v) is 28.0. The van der Waals surface area contributed by atoms with Gasteiger partial charge in [0.2, 0.25) is 0 Å². The molecule has 0 saturated carbocycles. The van der Waals surface area contributed by atoms with Crippen molar-refractivity contribution in [2.24, 2.45) is 0 Å². The molecule has 0 aliphatic rings. The van der Waals surface area contributed by atoms with Crippen molar-refractivity contribution >= 4 is 66.6 Å². The van der Waals surface area contributed by atoms with Gasteiger partial charge in [-0.05, 0) is 90.2 Å². The minimum absolute atomic E-state index is 0. The van der Waals surface area contributed by atoms with E-state index in [1.54, 1.807) is 11.3 Å². The van der Waals surface area contributed by atoms with Crippen LogP contribution in [0, 0.1) is 17.9 Å². The Labute approximate surface area is 435 Å². The minimum atomic E-state index is -1.50. The fourth-order valence-electron chi connectivity index (χ4n) is 9.71. The van der Waals surface area contributed by atoms with Crippen LogP contribution in [0.15, 0.2) is 206 Å². The molecular weight excluding hydrogens is 1080 g/mol. The zero-order chi connectivity index (χ0) is 48.9. The number of halogens is 1. The first-order chi connectivity index (χ1) is 34.4. The average molecular weight is 1130 g/mol. The second-order valence-electron chi connectivity index (χ2n) is 18.9.